The van der Waals surface area contributed by atoms with Crippen molar-refractivity contribution < 1.29 is 22.3 Å². The Labute approximate surface area is 89.7 Å². The van der Waals surface area contributed by atoms with E-state index in [4.69, 9.17) is 15.8 Å². The van der Waals surface area contributed by atoms with Crippen molar-refractivity contribution in [2.45, 2.75) is 5.92 Å². The van der Waals surface area contributed by atoms with Gasteiger partial charge in [0.1, 0.15) is 11.5 Å². The lowest BCUT2D eigenvalue weighted by atomic mass is 10.1. The third kappa shape index (κ3) is 3.64. The Balaban J connectivity index is 3.06. The topological polar surface area (TPSA) is 54.4 Å². The molecule has 0 bridgehead atoms. The summed E-state index contributed by atoms with van der Waals surface area (Å²) < 4.78 is 47.6. The maximum absolute atomic E-state index is 13.3. The number of aromatic hydroxyl groups is 1. The zero-order valence-corrected chi connectivity index (χ0v) is 8.89. The summed E-state index contributed by atoms with van der Waals surface area (Å²) in [5, 5.41) is 8.96. The third-order valence-corrected chi connectivity index (χ3v) is 2.66. The SMILES string of the molecule is O=S(=O)(Cl)CC(F)(F)c1cccc(O)c1. The summed E-state index contributed by atoms with van der Waals surface area (Å²) in [4.78, 5) is 0. The summed E-state index contributed by atoms with van der Waals surface area (Å²) in [6.45, 7) is 0. The number of benzene rings is 1. The second-order valence-electron chi connectivity index (χ2n) is 2.94. The molecule has 0 saturated heterocycles. The second-order valence-corrected chi connectivity index (χ2v) is 5.71. The van der Waals surface area contributed by atoms with Gasteiger partial charge in [-0.15, -0.1) is 0 Å². The first-order valence-corrected chi connectivity index (χ1v) is 6.28. The molecule has 0 atom stereocenters. The van der Waals surface area contributed by atoms with Gasteiger partial charge in [-0.2, -0.15) is 0 Å². The maximum atomic E-state index is 13.3. The molecule has 84 valence electrons. The summed E-state index contributed by atoms with van der Waals surface area (Å²) in [5.74, 6) is -5.47. The van der Waals surface area contributed by atoms with Gasteiger partial charge in [-0.05, 0) is 12.1 Å². The minimum absolute atomic E-state index is 0.362. The Morgan fingerprint density at radius 1 is 1.40 bits per heavy atom. The molecule has 0 heterocycles. The molecule has 0 aromatic heterocycles. The molecule has 0 saturated carbocycles. The van der Waals surface area contributed by atoms with E-state index in [9.17, 15) is 17.2 Å². The van der Waals surface area contributed by atoms with Crippen LogP contribution in [0.25, 0.3) is 0 Å². The zero-order valence-electron chi connectivity index (χ0n) is 7.32. The van der Waals surface area contributed by atoms with Crippen LogP contribution in [0.4, 0.5) is 8.78 Å². The molecule has 0 aliphatic carbocycles. The zero-order chi connectivity index (χ0) is 11.7. The average molecular weight is 257 g/mol. The van der Waals surface area contributed by atoms with Crippen molar-refractivity contribution >= 4 is 19.7 Å². The molecule has 3 nitrogen and oxygen atoms in total. The highest BCUT2D eigenvalue weighted by atomic mass is 35.7. The van der Waals surface area contributed by atoms with E-state index in [1.807, 2.05) is 0 Å². The molecule has 0 spiro atoms. The number of phenolic OH excluding ortho intramolecular Hbond substituents is 1. The van der Waals surface area contributed by atoms with E-state index in [1.165, 1.54) is 12.1 Å². The number of alkyl halides is 2. The minimum atomic E-state index is -4.30. The first-order chi connectivity index (χ1) is 6.71. The Bertz CT molecular complexity index is 459. The lowest BCUT2D eigenvalue weighted by Gasteiger charge is -2.14. The molecule has 7 heteroatoms. The predicted octanol–water partition coefficient (Wildman–Crippen LogP) is 2.05. The summed E-state index contributed by atoms with van der Waals surface area (Å²) >= 11 is 0. The van der Waals surface area contributed by atoms with Crippen molar-refractivity contribution in [3.05, 3.63) is 29.8 Å². The van der Waals surface area contributed by atoms with E-state index in [-0.39, 0.29) is 5.75 Å². The molecule has 0 radical (unpaired) electrons. The van der Waals surface area contributed by atoms with E-state index in [2.05, 4.69) is 0 Å². The van der Waals surface area contributed by atoms with Crippen LogP contribution in [-0.2, 0) is 15.0 Å². The van der Waals surface area contributed by atoms with E-state index in [0.717, 1.165) is 12.1 Å². The summed E-state index contributed by atoms with van der Waals surface area (Å²) in [6.07, 6.45) is 0. The fraction of sp³-hybridized carbons (Fsp3) is 0.250. The van der Waals surface area contributed by atoms with Crippen LogP contribution in [0.2, 0.25) is 0 Å². The summed E-state index contributed by atoms with van der Waals surface area (Å²) in [6, 6.07) is 4.21. The highest BCUT2D eigenvalue weighted by molar-refractivity contribution is 8.13. The number of rotatable bonds is 3. The van der Waals surface area contributed by atoms with Crippen molar-refractivity contribution in [2.24, 2.45) is 0 Å². The first kappa shape index (κ1) is 12.2. The van der Waals surface area contributed by atoms with Crippen LogP contribution in [0.15, 0.2) is 24.3 Å². The van der Waals surface area contributed by atoms with E-state index in [1.54, 1.807) is 0 Å². The second kappa shape index (κ2) is 3.94. The molecule has 0 unspecified atom stereocenters. The van der Waals surface area contributed by atoms with E-state index in [0.29, 0.717) is 0 Å². The molecule has 0 amide bonds. The van der Waals surface area contributed by atoms with Crippen molar-refractivity contribution in [3.63, 3.8) is 0 Å². The van der Waals surface area contributed by atoms with Gasteiger partial charge in [-0.3, -0.25) is 0 Å². The molecular formula is C8H7ClF2O3S. The molecule has 1 aromatic rings. The fourth-order valence-electron chi connectivity index (χ4n) is 1.03. The molecule has 1 rings (SSSR count). The maximum Gasteiger partial charge on any atom is 0.288 e. The molecule has 0 aliphatic rings. The normalized spacial score (nSPS) is 12.7. The van der Waals surface area contributed by atoms with Crippen molar-refractivity contribution in [1.29, 1.82) is 0 Å². The van der Waals surface area contributed by atoms with Gasteiger partial charge in [0.15, 0.2) is 0 Å². The van der Waals surface area contributed by atoms with Gasteiger partial charge < -0.3 is 5.11 Å². The van der Waals surface area contributed by atoms with Gasteiger partial charge in [0, 0.05) is 16.2 Å². The van der Waals surface area contributed by atoms with Crippen LogP contribution in [0.3, 0.4) is 0 Å². The quantitative estimate of drug-likeness (QED) is 0.842. The van der Waals surface area contributed by atoms with Crippen LogP contribution in [-0.4, -0.2) is 19.3 Å². The standard InChI is InChI=1S/C8H7ClF2O3S/c9-15(13,14)5-8(10,11)6-2-1-3-7(12)4-6/h1-4,12H,5H2. The molecule has 0 fully saturated rings. The Hall–Kier alpha value is -0.880. The van der Waals surface area contributed by atoms with Gasteiger partial charge in [0.2, 0.25) is 9.05 Å². The van der Waals surface area contributed by atoms with Gasteiger partial charge in [-0.1, -0.05) is 12.1 Å². The smallest absolute Gasteiger partial charge is 0.288 e. The van der Waals surface area contributed by atoms with Crippen molar-refractivity contribution in [1.82, 2.24) is 0 Å². The number of halogens is 3. The first-order valence-electron chi connectivity index (χ1n) is 3.80. The lowest BCUT2D eigenvalue weighted by molar-refractivity contribution is 0.0215. The molecule has 15 heavy (non-hydrogen) atoms. The number of hydrogen-bond donors (Lipinski definition) is 1. The minimum Gasteiger partial charge on any atom is -0.508 e. The van der Waals surface area contributed by atoms with Crippen molar-refractivity contribution in [2.75, 3.05) is 5.75 Å². The molecule has 1 aromatic carbocycles. The van der Waals surface area contributed by atoms with Gasteiger partial charge in [0.25, 0.3) is 5.92 Å². The van der Waals surface area contributed by atoms with Gasteiger partial charge in [-0.25, -0.2) is 17.2 Å². The summed E-state index contributed by atoms with van der Waals surface area (Å²) in [5.41, 5.74) is -0.591. The Kier molecular flexibility index (Phi) is 3.20. The van der Waals surface area contributed by atoms with Gasteiger partial charge in [0.05, 0.1) is 0 Å². The predicted molar refractivity (Wildman–Crippen MR) is 51.6 cm³/mol. The molecular weight excluding hydrogens is 250 g/mol. The largest absolute Gasteiger partial charge is 0.508 e. The molecule has 0 aliphatic heterocycles. The van der Waals surface area contributed by atoms with E-state index >= 15 is 0 Å². The Morgan fingerprint density at radius 3 is 2.47 bits per heavy atom. The highest BCUT2D eigenvalue weighted by Crippen LogP contribution is 2.32. The highest BCUT2D eigenvalue weighted by Gasteiger charge is 2.37. The monoisotopic (exact) mass is 256 g/mol. The third-order valence-electron chi connectivity index (χ3n) is 1.62. The van der Waals surface area contributed by atoms with Crippen LogP contribution < -0.4 is 0 Å². The Morgan fingerprint density at radius 2 is 2.00 bits per heavy atom. The van der Waals surface area contributed by atoms with Gasteiger partial charge >= 0.3 is 0 Å². The number of hydrogen-bond acceptors (Lipinski definition) is 3. The van der Waals surface area contributed by atoms with Crippen LogP contribution in [0.1, 0.15) is 5.56 Å². The van der Waals surface area contributed by atoms with Crippen LogP contribution in [0, 0.1) is 0 Å². The van der Waals surface area contributed by atoms with Crippen LogP contribution in [0.5, 0.6) is 5.75 Å². The van der Waals surface area contributed by atoms with E-state index < -0.39 is 26.3 Å². The average Bonchev–Trinajstić information content (AvgIpc) is 1.99. The van der Waals surface area contributed by atoms with Crippen molar-refractivity contribution in [3.8, 4) is 5.75 Å². The fourth-order valence-corrected chi connectivity index (χ4v) is 2.04. The lowest BCUT2D eigenvalue weighted by Crippen LogP contribution is -2.22. The number of phenols is 1. The summed E-state index contributed by atoms with van der Waals surface area (Å²) in [7, 11) is 0.435. The van der Waals surface area contributed by atoms with Crippen LogP contribution >= 0.6 is 10.7 Å². The molecule has 1 N–H and O–H groups in total.